The van der Waals surface area contributed by atoms with E-state index < -0.39 is 0 Å². The van der Waals surface area contributed by atoms with Crippen LogP contribution in [0.5, 0.6) is 0 Å². The van der Waals surface area contributed by atoms with Gasteiger partial charge in [-0.3, -0.25) is 0 Å². The van der Waals surface area contributed by atoms with E-state index >= 15 is 0 Å². The highest BCUT2D eigenvalue weighted by atomic mass is 14.4. The van der Waals surface area contributed by atoms with E-state index in [0.29, 0.717) is 0 Å². The van der Waals surface area contributed by atoms with Crippen LogP contribution in [0, 0.1) is 11.8 Å². The fourth-order valence-electron chi connectivity index (χ4n) is 2.29. The third-order valence-corrected chi connectivity index (χ3v) is 3.56. The molecule has 0 aromatic carbocycles. The fraction of sp³-hybridized carbons (Fsp3) is 1.00. The molecule has 0 aliphatic heterocycles. The van der Waals surface area contributed by atoms with Crippen molar-refractivity contribution in [1.82, 2.24) is 0 Å². The molecule has 0 atom stereocenters. The van der Waals surface area contributed by atoms with E-state index in [9.17, 15) is 0 Å². The van der Waals surface area contributed by atoms with Gasteiger partial charge in [0.2, 0.25) is 0 Å². The van der Waals surface area contributed by atoms with E-state index in [0.717, 1.165) is 0 Å². The second-order valence-corrected chi connectivity index (χ2v) is 4.55. The van der Waals surface area contributed by atoms with Crippen molar-refractivity contribution >= 4 is 0 Å². The predicted octanol–water partition coefficient (Wildman–Crippen LogP) is 3.76. The first kappa shape index (κ1) is 7.64. The van der Waals surface area contributed by atoms with Crippen molar-refractivity contribution in [2.45, 2.75) is 57.8 Å². The molecule has 0 aromatic heterocycles. The molecule has 0 unspecified atom stereocenters. The zero-order valence-electron chi connectivity index (χ0n) is 7.52. The molecule has 64 valence electrons. The van der Waals surface area contributed by atoms with Crippen molar-refractivity contribution < 1.29 is 0 Å². The maximum Gasteiger partial charge on any atom is -0.0409 e. The molecule has 4 aliphatic rings. The Bertz CT molecular complexity index is 89.7. The van der Waals surface area contributed by atoms with Crippen molar-refractivity contribution in [3.63, 3.8) is 0 Å². The van der Waals surface area contributed by atoms with Crippen LogP contribution in [0.3, 0.4) is 0 Å². The molecule has 0 radical (unpaired) electrons. The molecule has 0 nitrogen and oxygen atoms in total. The summed E-state index contributed by atoms with van der Waals surface area (Å²) in [4.78, 5) is 0. The fourth-order valence-corrected chi connectivity index (χ4v) is 2.29. The van der Waals surface area contributed by atoms with Crippen LogP contribution >= 0.6 is 0 Å². The normalized spacial score (nSPS) is 39.3. The molecule has 4 fully saturated rings. The van der Waals surface area contributed by atoms with Gasteiger partial charge in [0, 0.05) is 0 Å². The molecule has 0 saturated heterocycles. The Morgan fingerprint density at radius 3 is 1.09 bits per heavy atom. The van der Waals surface area contributed by atoms with E-state index in [1.807, 2.05) is 0 Å². The Balaban J connectivity index is 0.000000103. The number of hydrogen-bond donors (Lipinski definition) is 0. The number of fused-ring (bicyclic) bond motifs is 2. The highest BCUT2D eigenvalue weighted by Crippen LogP contribution is 2.45. The Morgan fingerprint density at radius 1 is 0.545 bits per heavy atom. The van der Waals surface area contributed by atoms with Gasteiger partial charge in [0.1, 0.15) is 0 Å². The van der Waals surface area contributed by atoms with E-state index in [1.165, 1.54) is 43.9 Å². The van der Waals surface area contributed by atoms with Gasteiger partial charge in [-0.25, -0.2) is 0 Å². The first-order valence-corrected chi connectivity index (χ1v) is 5.45. The molecule has 4 aliphatic carbocycles. The second kappa shape index (κ2) is 3.60. The van der Waals surface area contributed by atoms with Crippen molar-refractivity contribution in [1.29, 1.82) is 0 Å². The van der Waals surface area contributed by atoms with Crippen LogP contribution in [-0.2, 0) is 0 Å². The summed E-state index contributed by atoms with van der Waals surface area (Å²) in [5, 5.41) is 0. The topological polar surface area (TPSA) is 0 Å². The van der Waals surface area contributed by atoms with Crippen molar-refractivity contribution in [2.24, 2.45) is 11.8 Å². The van der Waals surface area contributed by atoms with Gasteiger partial charge in [-0.05, 0) is 24.7 Å². The standard InChI is InChI=1S/C7H12.C4H8/c1-2-6-4-7(3-1)5-6;1-2-4-3-1/h6-7H,1-5H2;1-4H2. The van der Waals surface area contributed by atoms with Gasteiger partial charge < -0.3 is 0 Å². The SMILES string of the molecule is C1CC2CC(C1)C2.C1CCC1. The number of hydrogen-bond acceptors (Lipinski definition) is 0. The molecule has 0 aromatic rings. The molecule has 2 bridgehead atoms. The predicted molar refractivity (Wildman–Crippen MR) is 48.5 cm³/mol. The van der Waals surface area contributed by atoms with E-state index in [-0.39, 0.29) is 0 Å². The highest BCUT2D eigenvalue weighted by Gasteiger charge is 2.32. The van der Waals surface area contributed by atoms with Crippen molar-refractivity contribution in [2.75, 3.05) is 0 Å². The van der Waals surface area contributed by atoms with Gasteiger partial charge in [0.15, 0.2) is 0 Å². The summed E-state index contributed by atoms with van der Waals surface area (Å²) < 4.78 is 0. The van der Waals surface area contributed by atoms with Crippen LogP contribution in [0.1, 0.15) is 57.8 Å². The van der Waals surface area contributed by atoms with Crippen molar-refractivity contribution in [3.8, 4) is 0 Å². The summed E-state index contributed by atoms with van der Waals surface area (Å²) in [5.41, 5.74) is 0. The van der Waals surface area contributed by atoms with Crippen LogP contribution in [0.25, 0.3) is 0 Å². The molecule has 11 heavy (non-hydrogen) atoms. The summed E-state index contributed by atoms with van der Waals surface area (Å²) in [6.45, 7) is 0. The molecule has 0 spiro atoms. The average Bonchev–Trinajstić information content (AvgIpc) is 1.83. The molecular formula is C11H20. The molecular weight excluding hydrogens is 132 g/mol. The molecule has 4 rings (SSSR count). The monoisotopic (exact) mass is 152 g/mol. The third kappa shape index (κ3) is 1.98. The Kier molecular flexibility index (Phi) is 2.50. The lowest BCUT2D eigenvalue weighted by Gasteiger charge is -2.40. The summed E-state index contributed by atoms with van der Waals surface area (Å²) >= 11 is 0. The molecule has 4 saturated carbocycles. The average molecular weight is 152 g/mol. The first-order chi connectivity index (χ1) is 5.45. The zero-order valence-corrected chi connectivity index (χ0v) is 7.52. The minimum Gasteiger partial charge on any atom is -0.0533 e. The second-order valence-electron chi connectivity index (χ2n) is 4.55. The highest BCUT2D eigenvalue weighted by molar-refractivity contribution is 4.83. The van der Waals surface area contributed by atoms with E-state index in [4.69, 9.17) is 0 Å². The van der Waals surface area contributed by atoms with E-state index in [1.54, 1.807) is 25.7 Å². The van der Waals surface area contributed by atoms with Gasteiger partial charge in [-0.2, -0.15) is 0 Å². The van der Waals surface area contributed by atoms with Crippen LogP contribution in [0.2, 0.25) is 0 Å². The summed E-state index contributed by atoms with van der Waals surface area (Å²) in [6, 6.07) is 0. The summed E-state index contributed by atoms with van der Waals surface area (Å²) in [5.74, 6) is 2.36. The lowest BCUT2D eigenvalue weighted by atomic mass is 9.65. The van der Waals surface area contributed by atoms with Crippen LogP contribution in [0.4, 0.5) is 0 Å². The quantitative estimate of drug-likeness (QED) is 0.496. The lowest BCUT2D eigenvalue weighted by Crippen LogP contribution is -2.28. The maximum absolute atomic E-state index is 1.58. The Hall–Kier alpha value is 0. The van der Waals surface area contributed by atoms with Gasteiger partial charge in [-0.1, -0.05) is 44.9 Å². The van der Waals surface area contributed by atoms with Gasteiger partial charge in [0.05, 0.1) is 0 Å². The smallest absolute Gasteiger partial charge is 0.0409 e. The largest absolute Gasteiger partial charge is 0.0533 e. The van der Waals surface area contributed by atoms with Crippen LogP contribution < -0.4 is 0 Å². The van der Waals surface area contributed by atoms with Crippen LogP contribution in [0.15, 0.2) is 0 Å². The Labute approximate surface area is 70.4 Å². The Morgan fingerprint density at radius 2 is 1.00 bits per heavy atom. The van der Waals surface area contributed by atoms with Crippen LogP contribution in [-0.4, -0.2) is 0 Å². The lowest BCUT2D eigenvalue weighted by molar-refractivity contribution is 0.116. The minimum atomic E-state index is 1.18. The molecule has 0 N–H and O–H groups in total. The first-order valence-electron chi connectivity index (χ1n) is 5.45. The summed E-state index contributed by atoms with van der Waals surface area (Å²) in [6.07, 6.45) is 13.8. The van der Waals surface area contributed by atoms with Gasteiger partial charge in [-0.15, -0.1) is 0 Å². The van der Waals surface area contributed by atoms with Gasteiger partial charge in [0.25, 0.3) is 0 Å². The molecule has 0 heterocycles. The molecule has 0 amide bonds. The van der Waals surface area contributed by atoms with E-state index in [2.05, 4.69) is 0 Å². The minimum absolute atomic E-state index is 1.18. The van der Waals surface area contributed by atoms with Gasteiger partial charge >= 0.3 is 0 Å². The molecule has 0 heteroatoms. The zero-order chi connectivity index (χ0) is 7.52. The summed E-state index contributed by atoms with van der Waals surface area (Å²) in [7, 11) is 0. The third-order valence-electron chi connectivity index (χ3n) is 3.56. The number of rotatable bonds is 0. The van der Waals surface area contributed by atoms with Crippen molar-refractivity contribution in [3.05, 3.63) is 0 Å². The maximum atomic E-state index is 1.58.